The Morgan fingerprint density at radius 1 is 0.917 bits per heavy atom. The zero-order valence-electron chi connectivity index (χ0n) is 26.8. The van der Waals surface area contributed by atoms with Gasteiger partial charge in [-0.1, -0.05) is 60.7 Å². The van der Waals surface area contributed by atoms with Gasteiger partial charge in [-0.25, -0.2) is 0 Å². The Morgan fingerprint density at radius 3 is 2.21 bits per heavy atom. The maximum Gasteiger partial charge on any atom is 0.422 e. The summed E-state index contributed by atoms with van der Waals surface area (Å²) in [7, 11) is 1.40. The van der Waals surface area contributed by atoms with Gasteiger partial charge in [-0.2, -0.15) is 23.1 Å². The smallest absolute Gasteiger partial charge is 0.422 e. The van der Waals surface area contributed by atoms with E-state index in [-0.39, 0.29) is 66.2 Å². The quantitative estimate of drug-likeness (QED) is 0.213. The van der Waals surface area contributed by atoms with Crippen LogP contribution in [0.3, 0.4) is 0 Å². The topological polar surface area (TPSA) is 93.4 Å². The van der Waals surface area contributed by atoms with Crippen LogP contribution in [-0.4, -0.2) is 102 Å². The van der Waals surface area contributed by atoms with Crippen molar-refractivity contribution in [1.29, 1.82) is 0 Å². The zero-order chi connectivity index (χ0) is 33.7. The van der Waals surface area contributed by atoms with Gasteiger partial charge < -0.3 is 23.5 Å². The minimum atomic E-state index is -4.58. The molecule has 10 nitrogen and oxygen atoms in total. The molecule has 254 valence electrons. The van der Waals surface area contributed by atoms with Crippen LogP contribution >= 0.6 is 0 Å². The summed E-state index contributed by atoms with van der Waals surface area (Å²) in [6.07, 6.45) is -3.10. The number of benzene rings is 2. The molecule has 0 bridgehead atoms. The normalized spacial score (nSPS) is 18.8. The first-order chi connectivity index (χ1) is 23.2. The summed E-state index contributed by atoms with van der Waals surface area (Å²) in [5.74, 6) is -0.111. The summed E-state index contributed by atoms with van der Waals surface area (Å²) in [6.45, 7) is 3.23. The highest BCUT2D eigenvalue weighted by molar-refractivity contribution is 5.91. The number of furan rings is 1. The highest BCUT2D eigenvalue weighted by atomic mass is 19.4. The van der Waals surface area contributed by atoms with E-state index < -0.39 is 12.8 Å². The van der Waals surface area contributed by atoms with Crippen molar-refractivity contribution < 1.29 is 36.6 Å². The van der Waals surface area contributed by atoms with Crippen LogP contribution in [-0.2, 0) is 6.54 Å². The van der Waals surface area contributed by atoms with Crippen molar-refractivity contribution in [2.75, 3.05) is 53.0 Å². The molecule has 2 atom stereocenters. The molecular weight excluding hydrogens is 627 g/mol. The molecule has 6 rings (SSSR count). The predicted octanol–water partition coefficient (Wildman–Crippen LogP) is 5.26. The van der Waals surface area contributed by atoms with Crippen molar-refractivity contribution in [2.45, 2.75) is 37.6 Å². The highest BCUT2D eigenvalue weighted by Gasteiger charge is 2.44. The number of methoxy groups -OCH3 is 1. The van der Waals surface area contributed by atoms with Crippen LogP contribution in [0.4, 0.5) is 13.2 Å². The summed E-state index contributed by atoms with van der Waals surface area (Å²) in [5.41, 5.74) is 2.56. The first-order valence-corrected chi connectivity index (χ1v) is 15.9. The number of amides is 1. The van der Waals surface area contributed by atoms with Crippen LogP contribution in [0.2, 0.25) is 0 Å². The van der Waals surface area contributed by atoms with E-state index in [2.05, 4.69) is 44.0 Å². The molecule has 4 heterocycles. The summed E-state index contributed by atoms with van der Waals surface area (Å²) >= 11 is 0. The van der Waals surface area contributed by atoms with Gasteiger partial charge in [0.15, 0.2) is 12.4 Å². The average Bonchev–Trinajstić information content (AvgIpc) is 3.64. The SMILES string of the molecule is CCOc1nc(OC)c(CN2CC(C(c3ccccc3)c3ccccc3)N3CCN(C(=O)c4ccco4)C[C@H]3C2)c(OCC(F)(F)F)n1. The molecule has 0 aliphatic carbocycles. The molecule has 0 spiro atoms. The maximum absolute atomic E-state index is 13.4. The summed E-state index contributed by atoms with van der Waals surface area (Å²) in [5, 5.41) is 0. The Kier molecular flexibility index (Phi) is 10.2. The standard InChI is InChI=1S/C35H38F3N5O5/c1-3-46-34-39-31(45-2)27(32(40-34)48-23-35(36,37)38)21-41-19-26-20-42(33(44)29-15-10-18-47-29)16-17-43(26)28(22-41)30(24-11-6-4-7-12-24)25-13-8-5-9-14-25/h4-15,18,26,28,30H,3,16-17,19-23H2,1-2H3/t26-,28?/m1/s1. The molecule has 2 saturated heterocycles. The van der Waals surface area contributed by atoms with E-state index in [1.54, 1.807) is 24.0 Å². The van der Waals surface area contributed by atoms with Gasteiger partial charge in [0.25, 0.3) is 5.91 Å². The number of carbonyl (C=O) groups is 1. The molecule has 13 heteroatoms. The van der Waals surface area contributed by atoms with Crippen molar-refractivity contribution in [3.05, 3.63) is 102 Å². The Morgan fingerprint density at radius 2 is 1.60 bits per heavy atom. The number of aromatic nitrogens is 2. The Labute approximate surface area is 277 Å². The minimum Gasteiger partial charge on any atom is -0.481 e. The van der Waals surface area contributed by atoms with Gasteiger partial charge >= 0.3 is 12.2 Å². The van der Waals surface area contributed by atoms with Crippen molar-refractivity contribution in [3.63, 3.8) is 0 Å². The number of hydrogen-bond acceptors (Lipinski definition) is 9. The number of halogens is 3. The van der Waals surface area contributed by atoms with Crippen molar-refractivity contribution in [2.24, 2.45) is 0 Å². The second-order valence-electron chi connectivity index (χ2n) is 11.8. The highest BCUT2D eigenvalue weighted by Crippen LogP contribution is 2.38. The van der Waals surface area contributed by atoms with E-state index in [1.807, 2.05) is 36.4 Å². The maximum atomic E-state index is 13.4. The van der Waals surface area contributed by atoms with Crippen LogP contribution < -0.4 is 14.2 Å². The van der Waals surface area contributed by atoms with Gasteiger partial charge in [0, 0.05) is 57.3 Å². The van der Waals surface area contributed by atoms with E-state index in [9.17, 15) is 18.0 Å². The third-order valence-electron chi connectivity index (χ3n) is 8.72. The first-order valence-electron chi connectivity index (χ1n) is 15.9. The van der Waals surface area contributed by atoms with Gasteiger partial charge in [0.2, 0.25) is 11.8 Å². The molecule has 2 aliphatic rings. The van der Waals surface area contributed by atoms with E-state index in [4.69, 9.17) is 18.6 Å². The van der Waals surface area contributed by atoms with Crippen LogP contribution in [0.25, 0.3) is 0 Å². The number of rotatable bonds is 11. The lowest BCUT2D eigenvalue weighted by Gasteiger charge is -2.53. The number of ether oxygens (including phenoxy) is 3. The molecule has 48 heavy (non-hydrogen) atoms. The Bertz CT molecular complexity index is 1600. The van der Waals surface area contributed by atoms with Crippen LogP contribution in [0, 0.1) is 0 Å². The second-order valence-corrected chi connectivity index (χ2v) is 11.8. The molecule has 2 aromatic heterocycles. The number of hydrogen-bond donors (Lipinski definition) is 0. The van der Waals surface area contributed by atoms with Gasteiger partial charge in [0.1, 0.15) is 0 Å². The fourth-order valence-electron chi connectivity index (χ4n) is 6.75. The Balaban J connectivity index is 1.38. The summed E-state index contributed by atoms with van der Waals surface area (Å²) in [4.78, 5) is 28.3. The summed E-state index contributed by atoms with van der Waals surface area (Å²) < 4.78 is 61.6. The van der Waals surface area contributed by atoms with E-state index in [1.165, 1.54) is 13.4 Å². The number of alkyl halides is 3. The molecule has 2 aromatic carbocycles. The molecule has 0 radical (unpaired) electrons. The number of nitrogens with zero attached hydrogens (tertiary/aromatic N) is 5. The molecule has 0 saturated carbocycles. The van der Waals surface area contributed by atoms with Gasteiger partial charge in [-0.05, 0) is 30.2 Å². The zero-order valence-corrected chi connectivity index (χ0v) is 26.8. The Hall–Kier alpha value is -4.62. The van der Waals surface area contributed by atoms with Gasteiger partial charge in [-0.15, -0.1) is 0 Å². The summed E-state index contributed by atoms with van der Waals surface area (Å²) in [6, 6.07) is 23.6. The van der Waals surface area contributed by atoms with Crippen molar-refractivity contribution >= 4 is 5.91 Å². The fourth-order valence-corrected chi connectivity index (χ4v) is 6.75. The lowest BCUT2D eigenvalue weighted by molar-refractivity contribution is -0.154. The number of piperazine rings is 2. The molecule has 2 fully saturated rings. The molecule has 0 N–H and O–H groups in total. The number of carbonyl (C=O) groups excluding carboxylic acids is 1. The minimum absolute atomic E-state index is 0.0375. The third kappa shape index (κ3) is 7.57. The van der Waals surface area contributed by atoms with E-state index in [0.717, 1.165) is 11.1 Å². The molecule has 1 unspecified atom stereocenters. The third-order valence-corrected chi connectivity index (χ3v) is 8.72. The number of fused-ring (bicyclic) bond motifs is 1. The van der Waals surface area contributed by atoms with Gasteiger partial charge in [0.05, 0.1) is 25.5 Å². The molecule has 1 amide bonds. The largest absolute Gasteiger partial charge is 0.481 e. The molecule has 2 aliphatic heterocycles. The monoisotopic (exact) mass is 665 g/mol. The van der Waals surface area contributed by atoms with Crippen LogP contribution in [0.15, 0.2) is 83.5 Å². The average molecular weight is 666 g/mol. The lowest BCUT2D eigenvalue weighted by Crippen LogP contribution is -2.67. The van der Waals surface area contributed by atoms with Crippen molar-refractivity contribution in [3.8, 4) is 17.8 Å². The molecule has 4 aromatic rings. The first kappa shape index (κ1) is 33.3. The van der Waals surface area contributed by atoms with Gasteiger partial charge in [-0.3, -0.25) is 14.6 Å². The van der Waals surface area contributed by atoms with E-state index >= 15 is 0 Å². The predicted molar refractivity (Wildman–Crippen MR) is 170 cm³/mol. The van der Waals surface area contributed by atoms with Crippen LogP contribution in [0.5, 0.6) is 17.8 Å². The van der Waals surface area contributed by atoms with E-state index in [0.29, 0.717) is 32.7 Å². The van der Waals surface area contributed by atoms with Crippen LogP contribution in [0.1, 0.15) is 40.1 Å². The lowest BCUT2D eigenvalue weighted by atomic mass is 9.81. The fraction of sp³-hybridized carbons (Fsp3) is 0.400. The molecular formula is C35H38F3N5O5. The second kappa shape index (κ2) is 14.7. The van der Waals surface area contributed by atoms with Crippen molar-refractivity contribution in [1.82, 2.24) is 24.7 Å².